The molecule has 1 aromatic carbocycles. The van der Waals surface area contributed by atoms with Gasteiger partial charge in [0.25, 0.3) is 5.56 Å². The van der Waals surface area contributed by atoms with Gasteiger partial charge in [-0.2, -0.15) is 0 Å². The SMILES string of the molecule is Cn1c(COC(=O)c2ccc3c(c2)NC(=O)[C@@H]2CCCN32)cc(=O)n(C)c1=O. The van der Waals surface area contributed by atoms with E-state index in [0.717, 1.165) is 29.6 Å². The number of fused-ring (bicyclic) bond motifs is 3. The molecule has 2 aliphatic rings. The molecule has 1 saturated heterocycles. The van der Waals surface area contributed by atoms with E-state index in [0.29, 0.717) is 11.4 Å². The van der Waals surface area contributed by atoms with Gasteiger partial charge < -0.3 is 15.0 Å². The summed E-state index contributed by atoms with van der Waals surface area (Å²) in [4.78, 5) is 50.4. The van der Waals surface area contributed by atoms with Crippen molar-refractivity contribution in [1.29, 1.82) is 0 Å². The molecule has 1 atom stereocenters. The van der Waals surface area contributed by atoms with Crippen molar-refractivity contribution < 1.29 is 14.3 Å². The van der Waals surface area contributed by atoms with Crippen LogP contribution >= 0.6 is 0 Å². The molecule has 9 heteroatoms. The van der Waals surface area contributed by atoms with Crippen LogP contribution in [0.5, 0.6) is 0 Å². The zero-order valence-electron chi connectivity index (χ0n) is 15.6. The highest BCUT2D eigenvalue weighted by molar-refractivity contribution is 6.05. The summed E-state index contributed by atoms with van der Waals surface area (Å²) in [7, 11) is 2.89. The van der Waals surface area contributed by atoms with E-state index < -0.39 is 17.2 Å². The van der Waals surface area contributed by atoms with Crippen LogP contribution < -0.4 is 21.5 Å². The number of anilines is 2. The highest BCUT2D eigenvalue weighted by Crippen LogP contribution is 2.37. The maximum absolute atomic E-state index is 12.4. The average Bonchev–Trinajstić information content (AvgIpc) is 3.18. The first-order chi connectivity index (χ1) is 13.4. The summed E-state index contributed by atoms with van der Waals surface area (Å²) in [5.74, 6) is -0.667. The van der Waals surface area contributed by atoms with Gasteiger partial charge in [0.05, 0.1) is 22.6 Å². The highest BCUT2D eigenvalue weighted by Gasteiger charge is 2.36. The number of hydrogen-bond acceptors (Lipinski definition) is 6. The number of amides is 1. The molecular formula is C19H20N4O5. The predicted molar refractivity (Wildman–Crippen MR) is 101 cm³/mol. The summed E-state index contributed by atoms with van der Waals surface area (Å²) in [6, 6.07) is 6.16. The van der Waals surface area contributed by atoms with E-state index in [9.17, 15) is 19.2 Å². The van der Waals surface area contributed by atoms with Crippen LogP contribution in [0.2, 0.25) is 0 Å². The zero-order valence-corrected chi connectivity index (χ0v) is 15.6. The zero-order chi connectivity index (χ0) is 20.0. The van der Waals surface area contributed by atoms with Gasteiger partial charge in [-0.1, -0.05) is 0 Å². The number of aromatic nitrogens is 2. The first-order valence-corrected chi connectivity index (χ1v) is 9.01. The molecule has 1 amide bonds. The third-order valence-electron chi connectivity index (χ3n) is 5.33. The van der Waals surface area contributed by atoms with Gasteiger partial charge in [0, 0.05) is 26.7 Å². The lowest BCUT2D eigenvalue weighted by molar-refractivity contribution is -0.117. The number of rotatable bonds is 3. The van der Waals surface area contributed by atoms with Crippen molar-refractivity contribution >= 4 is 23.3 Å². The third kappa shape index (κ3) is 2.88. The number of nitrogens with zero attached hydrogens (tertiary/aromatic N) is 3. The van der Waals surface area contributed by atoms with Crippen molar-refractivity contribution in [2.45, 2.75) is 25.5 Å². The molecule has 1 fully saturated rings. The summed E-state index contributed by atoms with van der Waals surface area (Å²) in [5, 5.41) is 2.85. The number of carbonyl (C=O) groups is 2. The molecule has 3 heterocycles. The van der Waals surface area contributed by atoms with Gasteiger partial charge in [-0.3, -0.25) is 18.7 Å². The lowest BCUT2D eigenvalue weighted by Crippen LogP contribution is -2.43. The van der Waals surface area contributed by atoms with E-state index >= 15 is 0 Å². The summed E-state index contributed by atoms with van der Waals surface area (Å²) >= 11 is 0. The number of esters is 1. The fourth-order valence-corrected chi connectivity index (χ4v) is 3.70. The molecule has 0 radical (unpaired) electrons. The molecule has 1 aromatic heterocycles. The van der Waals surface area contributed by atoms with Gasteiger partial charge in [0.2, 0.25) is 5.91 Å². The molecule has 0 spiro atoms. The monoisotopic (exact) mass is 384 g/mol. The topological polar surface area (TPSA) is 103 Å². The van der Waals surface area contributed by atoms with Crippen molar-refractivity contribution in [3.63, 3.8) is 0 Å². The second-order valence-electron chi connectivity index (χ2n) is 7.02. The third-order valence-corrected chi connectivity index (χ3v) is 5.33. The Balaban J connectivity index is 1.54. The van der Waals surface area contributed by atoms with Gasteiger partial charge in [-0.15, -0.1) is 0 Å². The quantitative estimate of drug-likeness (QED) is 0.767. The Morgan fingerprint density at radius 3 is 2.75 bits per heavy atom. The predicted octanol–water partition coefficient (Wildman–Crippen LogP) is 0.362. The Labute approximate surface area is 160 Å². The second-order valence-corrected chi connectivity index (χ2v) is 7.02. The number of ether oxygens (including phenoxy) is 1. The van der Waals surface area contributed by atoms with Gasteiger partial charge >= 0.3 is 11.7 Å². The average molecular weight is 384 g/mol. The van der Waals surface area contributed by atoms with Crippen molar-refractivity contribution in [2.75, 3.05) is 16.8 Å². The van der Waals surface area contributed by atoms with Gasteiger partial charge in [-0.25, -0.2) is 9.59 Å². The number of nitrogens with one attached hydrogen (secondary N) is 1. The summed E-state index contributed by atoms with van der Waals surface area (Å²) in [6.45, 7) is 0.601. The van der Waals surface area contributed by atoms with Gasteiger partial charge in [-0.05, 0) is 31.0 Å². The van der Waals surface area contributed by atoms with E-state index in [1.165, 1.54) is 24.7 Å². The van der Waals surface area contributed by atoms with Crippen LogP contribution in [-0.2, 0) is 30.2 Å². The van der Waals surface area contributed by atoms with Crippen molar-refractivity contribution in [2.24, 2.45) is 14.1 Å². The number of hydrogen-bond donors (Lipinski definition) is 1. The standard InChI is InChI=1S/C19H20N4O5/c1-21-12(9-16(24)22(2)19(21)27)10-28-18(26)11-5-6-14-13(8-11)20-17(25)15-4-3-7-23(14)15/h5-6,8-9,15H,3-4,7,10H2,1-2H3,(H,20,25)/t15-/m0/s1. The Kier molecular flexibility index (Phi) is 4.29. The lowest BCUT2D eigenvalue weighted by Gasteiger charge is -2.33. The van der Waals surface area contributed by atoms with Crippen LogP contribution in [0, 0.1) is 0 Å². The smallest absolute Gasteiger partial charge is 0.338 e. The van der Waals surface area contributed by atoms with Crippen molar-refractivity contribution in [1.82, 2.24) is 9.13 Å². The van der Waals surface area contributed by atoms with E-state index in [2.05, 4.69) is 10.2 Å². The fraction of sp³-hybridized carbons (Fsp3) is 0.368. The minimum absolute atomic E-state index is 0.0642. The lowest BCUT2D eigenvalue weighted by atomic mass is 10.1. The molecule has 0 bridgehead atoms. The first kappa shape index (κ1) is 18.0. The molecule has 4 rings (SSSR count). The number of benzene rings is 1. The minimum Gasteiger partial charge on any atom is -0.456 e. The van der Waals surface area contributed by atoms with E-state index in [1.807, 2.05) is 0 Å². The molecule has 2 aromatic rings. The largest absolute Gasteiger partial charge is 0.456 e. The van der Waals surface area contributed by atoms with E-state index in [4.69, 9.17) is 4.74 Å². The summed E-state index contributed by atoms with van der Waals surface area (Å²) in [5.41, 5.74) is 1.10. The van der Waals surface area contributed by atoms with E-state index in [-0.39, 0.29) is 24.1 Å². The number of carbonyl (C=O) groups excluding carboxylic acids is 2. The molecule has 0 aliphatic carbocycles. The first-order valence-electron chi connectivity index (χ1n) is 9.01. The van der Waals surface area contributed by atoms with E-state index in [1.54, 1.807) is 18.2 Å². The molecule has 28 heavy (non-hydrogen) atoms. The highest BCUT2D eigenvalue weighted by atomic mass is 16.5. The molecule has 146 valence electrons. The molecular weight excluding hydrogens is 364 g/mol. The Morgan fingerprint density at radius 2 is 1.96 bits per heavy atom. The Bertz CT molecular complexity index is 1100. The summed E-state index contributed by atoms with van der Waals surface area (Å²) in [6.07, 6.45) is 1.78. The van der Waals surface area contributed by atoms with Crippen molar-refractivity contribution in [3.05, 3.63) is 56.4 Å². The molecule has 0 unspecified atom stereocenters. The van der Waals surface area contributed by atoms with Crippen LogP contribution in [0.25, 0.3) is 0 Å². The Morgan fingerprint density at radius 1 is 1.18 bits per heavy atom. The minimum atomic E-state index is -0.603. The summed E-state index contributed by atoms with van der Waals surface area (Å²) < 4.78 is 7.51. The van der Waals surface area contributed by atoms with Crippen LogP contribution in [0.4, 0.5) is 11.4 Å². The second kappa shape index (κ2) is 6.66. The van der Waals surface area contributed by atoms with Crippen LogP contribution in [0.1, 0.15) is 28.9 Å². The maximum Gasteiger partial charge on any atom is 0.338 e. The van der Waals surface area contributed by atoms with Gasteiger partial charge in [0.15, 0.2) is 0 Å². The van der Waals surface area contributed by atoms with Crippen LogP contribution in [0.3, 0.4) is 0 Å². The van der Waals surface area contributed by atoms with Crippen LogP contribution in [0.15, 0.2) is 33.9 Å². The van der Waals surface area contributed by atoms with Crippen LogP contribution in [-0.4, -0.2) is 33.6 Å². The molecule has 9 nitrogen and oxygen atoms in total. The van der Waals surface area contributed by atoms with Gasteiger partial charge in [0.1, 0.15) is 12.6 Å². The fourth-order valence-electron chi connectivity index (χ4n) is 3.70. The molecule has 2 aliphatic heterocycles. The Hall–Kier alpha value is -3.36. The normalized spacial score (nSPS) is 17.7. The molecule has 0 saturated carbocycles. The molecule has 1 N–H and O–H groups in total. The van der Waals surface area contributed by atoms with Crippen molar-refractivity contribution in [3.8, 4) is 0 Å². The maximum atomic E-state index is 12.4.